The number of thiazole rings is 1. The van der Waals surface area contributed by atoms with Crippen LogP contribution in [-0.2, 0) is 11.8 Å². The molecule has 0 saturated heterocycles. The van der Waals surface area contributed by atoms with Crippen molar-refractivity contribution >= 4 is 17.2 Å². The quantitative estimate of drug-likeness (QED) is 0.781. The zero-order valence-electron chi connectivity index (χ0n) is 15.3. The van der Waals surface area contributed by atoms with Gasteiger partial charge < -0.3 is 15.8 Å². The van der Waals surface area contributed by atoms with E-state index in [-0.39, 0.29) is 11.3 Å². The summed E-state index contributed by atoms with van der Waals surface area (Å²) in [6.07, 6.45) is 6.55. The highest BCUT2D eigenvalue weighted by Crippen LogP contribution is 2.39. The van der Waals surface area contributed by atoms with Gasteiger partial charge in [-0.3, -0.25) is 4.79 Å². The number of nitrogens with one attached hydrogen (secondary N) is 1. The average Bonchev–Trinajstić information content (AvgIpc) is 3.16. The lowest BCUT2D eigenvalue weighted by molar-refractivity contribution is 0.0932. The van der Waals surface area contributed by atoms with E-state index in [1.165, 1.54) is 36.2 Å². The molecule has 1 aromatic carbocycles. The van der Waals surface area contributed by atoms with Crippen LogP contribution in [0.2, 0.25) is 0 Å². The minimum atomic E-state index is -0.0945. The van der Waals surface area contributed by atoms with Gasteiger partial charge in [0.2, 0.25) is 0 Å². The molecule has 1 aromatic heterocycles. The predicted molar refractivity (Wildman–Crippen MR) is 105 cm³/mol. The second kappa shape index (κ2) is 8.64. The summed E-state index contributed by atoms with van der Waals surface area (Å²) >= 11 is 1.50. The van der Waals surface area contributed by atoms with Gasteiger partial charge in [0.05, 0.1) is 12.1 Å². The first-order valence-corrected chi connectivity index (χ1v) is 10.1. The van der Waals surface area contributed by atoms with Crippen molar-refractivity contribution in [2.45, 2.75) is 43.9 Å². The second-order valence-corrected chi connectivity index (χ2v) is 7.86. The predicted octanol–water partition coefficient (Wildman–Crippen LogP) is 3.28. The third-order valence-electron chi connectivity index (χ3n) is 5.24. The van der Waals surface area contributed by atoms with Crippen molar-refractivity contribution in [2.75, 3.05) is 20.2 Å². The van der Waals surface area contributed by atoms with Gasteiger partial charge in [0.1, 0.15) is 11.4 Å². The summed E-state index contributed by atoms with van der Waals surface area (Å²) in [4.78, 5) is 17.0. The lowest BCUT2D eigenvalue weighted by Crippen LogP contribution is -2.42. The number of nitrogens with zero attached hydrogens (tertiary/aromatic N) is 1. The molecule has 5 nitrogen and oxygen atoms in total. The van der Waals surface area contributed by atoms with Crippen LogP contribution in [0, 0.1) is 0 Å². The van der Waals surface area contributed by atoms with E-state index >= 15 is 0 Å². The number of carbonyl (C=O) groups excluding carboxylic acids is 1. The number of methoxy groups -OCH3 is 1. The van der Waals surface area contributed by atoms with E-state index in [4.69, 9.17) is 10.5 Å². The Balaban J connectivity index is 1.72. The van der Waals surface area contributed by atoms with Gasteiger partial charge in [-0.2, -0.15) is 0 Å². The highest BCUT2D eigenvalue weighted by Gasteiger charge is 2.34. The first-order valence-electron chi connectivity index (χ1n) is 9.24. The maximum absolute atomic E-state index is 12.6. The number of benzene rings is 1. The van der Waals surface area contributed by atoms with Gasteiger partial charge in [-0.05, 0) is 37.1 Å². The summed E-state index contributed by atoms with van der Waals surface area (Å²) in [7, 11) is 1.68. The molecule has 140 valence electrons. The molecule has 26 heavy (non-hydrogen) atoms. The number of hydrogen-bond acceptors (Lipinski definition) is 5. The highest BCUT2D eigenvalue weighted by atomic mass is 32.1. The number of rotatable bonds is 7. The van der Waals surface area contributed by atoms with E-state index < -0.39 is 0 Å². The van der Waals surface area contributed by atoms with Gasteiger partial charge in [-0.25, -0.2) is 4.98 Å². The molecule has 3 rings (SSSR count). The van der Waals surface area contributed by atoms with Crippen LogP contribution < -0.4 is 15.8 Å². The first kappa shape index (κ1) is 18.9. The van der Waals surface area contributed by atoms with Crippen LogP contribution in [0.1, 0.15) is 53.2 Å². The Labute approximate surface area is 159 Å². The number of hydrogen-bond donors (Lipinski definition) is 2. The molecule has 0 aliphatic heterocycles. The fourth-order valence-corrected chi connectivity index (χ4v) is 4.53. The minimum Gasteiger partial charge on any atom is -0.497 e. The van der Waals surface area contributed by atoms with E-state index in [2.05, 4.69) is 22.4 Å². The Morgan fingerprint density at radius 2 is 2.00 bits per heavy atom. The van der Waals surface area contributed by atoms with Gasteiger partial charge in [-0.1, -0.05) is 31.4 Å². The van der Waals surface area contributed by atoms with Gasteiger partial charge in [-0.15, -0.1) is 11.3 Å². The molecular weight excluding hydrogens is 346 g/mol. The second-order valence-electron chi connectivity index (χ2n) is 6.92. The van der Waals surface area contributed by atoms with Gasteiger partial charge >= 0.3 is 0 Å². The summed E-state index contributed by atoms with van der Waals surface area (Å²) in [5, 5.41) is 5.87. The lowest BCUT2D eigenvalue weighted by atomic mass is 9.69. The molecule has 0 atom stereocenters. The van der Waals surface area contributed by atoms with Crippen molar-refractivity contribution in [1.82, 2.24) is 10.3 Å². The summed E-state index contributed by atoms with van der Waals surface area (Å²) in [5.74, 6) is 0.765. The number of ether oxygens (including phenoxy) is 1. The van der Waals surface area contributed by atoms with Gasteiger partial charge in [0, 0.05) is 23.8 Å². The maximum Gasteiger partial charge on any atom is 0.270 e. The molecule has 1 heterocycles. The molecule has 2 aromatic rings. The van der Waals surface area contributed by atoms with Crippen LogP contribution in [0.3, 0.4) is 0 Å². The molecule has 3 N–H and O–H groups in total. The largest absolute Gasteiger partial charge is 0.497 e. The summed E-state index contributed by atoms with van der Waals surface area (Å²) in [6.45, 7) is 1.19. The third kappa shape index (κ3) is 4.24. The Hall–Kier alpha value is -1.92. The molecule has 0 unspecified atom stereocenters. The van der Waals surface area contributed by atoms with Crippen LogP contribution >= 0.6 is 11.3 Å². The van der Waals surface area contributed by atoms with Crippen molar-refractivity contribution in [2.24, 2.45) is 5.73 Å². The zero-order valence-corrected chi connectivity index (χ0v) is 16.1. The SMILES string of the molecule is COc1ccc(C2(CNC(=O)c3csc(CCN)n3)CCCCC2)cc1. The van der Waals surface area contributed by atoms with Gasteiger partial charge in [0.15, 0.2) is 0 Å². The topological polar surface area (TPSA) is 77.2 Å². The fourth-order valence-electron chi connectivity index (χ4n) is 3.73. The number of amides is 1. The molecule has 0 bridgehead atoms. The van der Waals surface area contributed by atoms with Crippen LogP contribution in [-0.4, -0.2) is 31.1 Å². The molecule has 1 aliphatic carbocycles. The van der Waals surface area contributed by atoms with E-state index in [0.717, 1.165) is 23.6 Å². The molecule has 6 heteroatoms. The van der Waals surface area contributed by atoms with Crippen molar-refractivity contribution in [1.29, 1.82) is 0 Å². The summed E-state index contributed by atoms with van der Waals surface area (Å²) < 4.78 is 5.28. The number of aromatic nitrogens is 1. The summed E-state index contributed by atoms with van der Waals surface area (Å²) in [6, 6.07) is 8.29. The Bertz CT molecular complexity index is 721. The first-order chi connectivity index (χ1) is 12.7. The van der Waals surface area contributed by atoms with E-state index in [0.29, 0.717) is 25.2 Å². The Kier molecular flexibility index (Phi) is 6.27. The number of carbonyl (C=O) groups is 1. The molecule has 1 amide bonds. The molecule has 1 aliphatic rings. The van der Waals surface area contributed by atoms with E-state index in [9.17, 15) is 4.79 Å². The van der Waals surface area contributed by atoms with Gasteiger partial charge in [0.25, 0.3) is 5.91 Å². The summed E-state index contributed by atoms with van der Waals surface area (Å²) in [5.41, 5.74) is 7.34. The van der Waals surface area contributed by atoms with Crippen LogP contribution in [0.25, 0.3) is 0 Å². The van der Waals surface area contributed by atoms with Crippen molar-refractivity contribution in [3.8, 4) is 5.75 Å². The van der Waals surface area contributed by atoms with Crippen molar-refractivity contribution in [3.63, 3.8) is 0 Å². The van der Waals surface area contributed by atoms with Crippen molar-refractivity contribution in [3.05, 3.63) is 45.9 Å². The highest BCUT2D eigenvalue weighted by molar-refractivity contribution is 7.09. The van der Waals surface area contributed by atoms with Crippen LogP contribution in [0.15, 0.2) is 29.6 Å². The lowest BCUT2D eigenvalue weighted by Gasteiger charge is -2.38. The van der Waals surface area contributed by atoms with Crippen LogP contribution in [0.4, 0.5) is 0 Å². The standard InChI is InChI=1S/C20H27N3O2S/c1-25-16-7-5-15(6-8-16)20(10-3-2-4-11-20)14-22-19(24)17-13-26-18(23-17)9-12-21/h5-8,13H,2-4,9-12,14,21H2,1H3,(H,22,24). The molecule has 0 spiro atoms. The maximum atomic E-state index is 12.6. The monoisotopic (exact) mass is 373 g/mol. The van der Waals surface area contributed by atoms with Crippen molar-refractivity contribution < 1.29 is 9.53 Å². The Morgan fingerprint density at radius 3 is 2.65 bits per heavy atom. The van der Waals surface area contributed by atoms with Crippen LogP contribution in [0.5, 0.6) is 5.75 Å². The molecule has 0 radical (unpaired) electrons. The van der Waals surface area contributed by atoms with E-state index in [1.54, 1.807) is 7.11 Å². The zero-order chi connectivity index (χ0) is 18.4. The normalized spacial score (nSPS) is 16.2. The molecule has 1 fully saturated rings. The smallest absolute Gasteiger partial charge is 0.270 e. The average molecular weight is 374 g/mol. The van der Waals surface area contributed by atoms with E-state index in [1.807, 2.05) is 17.5 Å². The third-order valence-corrected chi connectivity index (χ3v) is 6.15. The molecule has 1 saturated carbocycles. The fraction of sp³-hybridized carbons (Fsp3) is 0.500. The number of nitrogens with two attached hydrogens (primary N) is 1. The minimum absolute atomic E-state index is 0.00368. The molecular formula is C20H27N3O2S. The Morgan fingerprint density at radius 1 is 1.27 bits per heavy atom.